The van der Waals surface area contributed by atoms with Gasteiger partial charge in [-0.1, -0.05) is 31.5 Å². The van der Waals surface area contributed by atoms with Crippen LogP contribution in [0.2, 0.25) is 0 Å². The molecule has 0 bridgehead atoms. The van der Waals surface area contributed by atoms with Crippen LogP contribution in [0.5, 0.6) is 5.75 Å². The van der Waals surface area contributed by atoms with Crippen LogP contribution in [0.1, 0.15) is 44.1 Å². The van der Waals surface area contributed by atoms with Crippen molar-refractivity contribution in [1.29, 1.82) is 0 Å². The number of ether oxygens (including phenoxy) is 1. The van der Waals surface area contributed by atoms with Gasteiger partial charge in [-0.05, 0) is 31.2 Å². The Balaban J connectivity index is 1.55. The molecule has 114 valence electrons. The Morgan fingerprint density at radius 2 is 2.19 bits per heavy atom. The van der Waals surface area contributed by atoms with Gasteiger partial charge in [0.1, 0.15) is 5.75 Å². The minimum Gasteiger partial charge on any atom is -0.480 e. The van der Waals surface area contributed by atoms with Crippen molar-refractivity contribution >= 4 is 5.91 Å². The molecule has 1 aliphatic carbocycles. The van der Waals surface area contributed by atoms with Gasteiger partial charge >= 0.3 is 0 Å². The number of fused-ring (bicyclic) bond motifs is 1. The molecule has 4 unspecified atom stereocenters. The van der Waals surface area contributed by atoms with E-state index < -0.39 is 6.10 Å². The van der Waals surface area contributed by atoms with Crippen LogP contribution < -0.4 is 10.1 Å². The second-order valence-electron chi connectivity index (χ2n) is 6.30. The van der Waals surface area contributed by atoms with Gasteiger partial charge in [0.05, 0.1) is 6.10 Å². The quantitative estimate of drug-likeness (QED) is 0.897. The monoisotopic (exact) mass is 289 g/mol. The summed E-state index contributed by atoms with van der Waals surface area (Å²) in [5.41, 5.74) is 1.10. The minimum absolute atomic E-state index is 0.0428. The van der Waals surface area contributed by atoms with E-state index in [0.29, 0.717) is 12.5 Å². The maximum atomic E-state index is 12.3. The van der Waals surface area contributed by atoms with E-state index >= 15 is 0 Å². The first-order valence-electron chi connectivity index (χ1n) is 7.86. The van der Waals surface area contributed by atoms with Gasteiger partial charge in [0.25, 0.3) is 5.91 Å². The predicted molar refractivity (Wildman–Crippen MR) is 80.2 cm³/mol. The summed E-state index contributed by atoms with van der Waals surface area (Å²) in [7, 11) is 0. The molecular formula is C17H23NO3. The fourth-order valence-electron chi connectivity index (χ4n) is 3.44. The molecule has 21 heavy (non-hydrogen) atoms. The molecule has 0 aromatic heterocycles. The molecule has 0 saturated heterocycles. The summed E-state index contributed by atoms with van der Waals surface area (Å²) >= 11 is 0. The number of nitrogens with one attached hydrogen (secondary N) is 1. The van der Waals surface area contributed by atoms with E-state index in [1.165, 1.54) is 0 Å². The number of hydrogen-bond acceptors (Lipinski definition) is 3. The van der Waals surface area contributed by atoms with Crippen LogP contribution in [-0.4, -0.2) is 29.8 Å². The number of benzene rings is 1. The van der Waals surface area contributed by atoms with Gasteiger partial charge in [-0.2, -0.15) is 0 Å². The zero-order chi connectivity index (χ0) is 14.8. The highest BCUT2D eigenvalue weighted by Crippen LogP contribution is 2.37. The molecular weight excluding hydrogens is 266 g/mol. The molecule has 2 aliphatic rings. The van der Waals surface area contributed by atoms with Crippen LogP contribution in [0.4, 0.5) is 0 Å². The average Bonchev–Trinajstić information content (AvgIpc) is 2.83. The smallest absolute Gasteiger partial charge is 0.261 e. The summed E-state index contributed by atoms with van der Waals surface area (Å²) < 4.78 is 5.78. The minimum atomic E-state index is -0.434. The second-order valence-corrected chi connectivity index (χ2v) is 6.30. The largest absolute Gasteiger partial charge is 0.480 e. The van der Waals surface area contributed by atoms with Crippen molar-refractivity contribution in [2.75, 3.05) is 6.54 Å². The summed E-state index contributed by atoms with van der Waals surface area (Å²) in [6.07, 6.45) is 3.18. The second kappa shape index (κ2) is 6.06. The van der Waals surface area contributed by atoms with Crippen molar-refractivity contribution in [1.82, 2.24) is 5.32 Å². The molecule has 3 rings (SSSR count). The first kappa shape index (κ1) is 14.4. The number of carbonyl (C=O) groups excluding carboxylic acids is 1. The lowest BCUT2D eigenvalue weighted by atomic mass is 9.87. The Morgan fingerprint density at radius 3 is 2.95 bits per heavy atom. The number of aliphatic hydroxyl groups is 1. The Hall–Kier alpha value is -1.55. The first-order valence-corrected chi connectivity index (χ1v) is 7.86. The number of amides is 1. The predicted octanol–water partition coefficient (Wildman–Crippen LogP) is 2.22. The highest BCUT2D eigenvalue weighted by atomic mass is 16.5. The third-order valence-electron chi connectivity index (χ3n) is 4.70. The lowest BCUT2D eigenvalue weighted by Crippen LogP contribution is -2.42. The van der Waals surface area contributed by atoms with Gasteiger partial charge < -0.3 is 15.2 Å². The highest BCUT2D eigenvalue weighted by molar-refractivity contribution is 5.83. The lowest BCUT2D eigenvalue weighted by molar-refractivity contribution is -0.128. The molecule has 1 aliphatic heterocycles. The summed E-state index contributed by atoms with van der Waals surface area (Å²) in [5, 5.41) is 12.7. The molecule has 2 N–H and O–H groups in total. The maximum Gasteiger partial charge on any atom is 0.261 e. The zero-order valence-electron chi connectivity index (χ0n) is 12.4. The summed E-state index contributed by atoms with van der Waals surface area (Å²) in [6.45, 7) is 2.67. The fraction of sp³-hybridized carbons (Fsp3) is 0.588. The zero-order valence-corrected chi connectivity index (χ0v) is 12.4. The van der Waals surface area contributed by atoms with E-state index in [2.05, 4.69) is 5.32 Å². The number of rotatable bonds is 3. The Morgan fingerprint density at radius 1 is 1.38 bits per heavy atom. The van der Waals surface area contributed by atoms with Crippen LogP contribution in [0.25, 0.3) is 0 Å². The molecule has 1 amide bonds. The van der Waals surface area contributed by atoms with Crippen molar-refractivity contribution in [2.45, 2.75) is 50.7 Å². The molecule has 1 fully saturated rings. The normalized spacial score (nSPS) is 31.3. The lowest BCUT2D eigenvalue weighted by Gasteiger charge is -2.26. The van der Waals surface area contributed by atoms with Crippen LogP contribution in [-0.2, 0) is 4.79 Å². The van der Waals surface area contributed by atoms with Crippen molar-refractivity contribution in [3.8, 4) is 5.75 Å². The van der Waals surface area contributed by atoms with Crippen LogP contribution in [0, 0.1) is 5.92 Å². The molecule has 4 nitrogen and oxygen atoms in total. The maximum absolute atomic E-state index is 12.3. The van der Waals surface area contributed by atoms with Crippen molar-refractivity contribution in [3.05, 3.63) is 29.8 Å². The van der Waals surface area contributed by atoms with Gasteiger partial charge in [0, 0.05) is 18.0 Å². The Bertz CT molecular complexity index is 517. The third-order valence-corrected chi connectivity index (χ3v) is 4.70. The van der Waals surface area contributed by atoms with Gasteiger partial charge in [0.2, 0.25) is 0 Å². The van der Waals surface area contributed by atoms with Gasteiger partial charge in [-0.15, -0.1) is 0 Å². The molecule has 4 atom stereocenters. The number of para-hydroxylation sites is 1. The molecule has 1 aromatic rings. The molecule has 1 saturated carbocycles. The molecule has 1 heterocycles. The standard InChI is InChI=1S/C17H23NO3/c1-11-14-7-2-3-8-15(14)21-16(11)17(20)18-10-12-5-4-6-13(19)9-12/h2-3,7-8,11-13,16,19H,4-6,9-10H2,1H3,(H,18,20). The SMILES string of the molecule is CC1c2ccccc2OC1C(=O)NCC1CCCC(O)C1. The van der Waals surface area contributed by atoms with Crippen LogP contribution in [0.3, 0.4) is 0 Å². The van der Waals surface area contributed by atoms with Crippen molar-refractivity contribution in [3.63, 3.8) is 0 Å². The first-order chi connectivity index (χ1) is 10.1. The van der Waals surface area contributed by atoms with E-state index in [9.17, 15) is 9.90 Å². The Labute approximate surface area is 125 Å². The molecule has 4 heteroatoms. The van der Waals surface area contributed by atoms with E-state index in [1.54, 1.807) is 0 Å². The van der Waals surface area contributed by atoms with Crippen LogP contribution in [0.15, 0.2) is 24.3 Å². The van der Waals surface area contributed by atoms with E-state index in [-0.39, 0.29) is 17.9 Å². The van der Waals surface area contributed by atoms with E-state index in [4.69, 9.17) is 4.74 Å². The van der Waals surface area contributed by atoms with E-state index in [0.717, 1.165) is 37.0 Å². The summed E-state index contributed by atoms with van der Waals surface area (Å²) in [5.74, 6) is 1.24. The number of hydrogen-bond donors (Lipinski definition) is 2. The van der Waals surface area contributed by atoms with Gasteiger partial charge in [-0.3, -0.25) is 4.79 Å². The number of carbonyl (C=O) groups is 1. The molecule has 1 aromatic carbocycles. The molecule has 0 radical (unpaired) electrons. The van der Waals surface area contributed by atoms with E-state index in [1.807, 2.05) is 31.2 Å². The molecule has 0 spiro atoms. The third kappa shape index (κ3) is 3.05. The topological polar surface area (TPSA) is 58.6 Å². The number of aliphatic hydroxyl groups excluding tert-OH is 1. The Kier molecular flexibility index (Phi) is 4.15. The summed E-state index contributed by atoms with van der Waals surface area (Å²) in [6, 6.07) is 7.83. The summed E-state index contributed by atoms with van der Waals surface area (Å²) in [4.78, 5) is 12.3. The highest BCUT2D eigenvalue weighted by Gasteiger charge is 2.36. The van der Waals surface area contributed by atoms with Gasteiger partial charge in [0.15, 0.2) is 6.10 Å². The van der Waals surface area contributed by atoms with Gasteiger partial charge in [-0.25, -0.2) is 0 Å². The average molecular weight is 289 g/mol. The van der Waals surface area contributed by atoms with Crippen LogP contribution >= 0.6 is 0 Å². The van der Waals surface area contributed by atoms with Crippen molar-refractivity contribution < 1.29 is 14.6 Å². The van der Waals surface area contributed by atoms with Crippen molar-refractivity contribution in [2.24, 2.45) is 5.92 Å². The fourth-order valence-corrected chi connectivity index (χ4v) is 3.44.